The molecule has 0 saturated heterocycles. The SMILES string of the molecule is Cc1cc(C(C)(CF)c2ccc(Oc3ccc(C(=O)O)cc3)c(C)c2)ccc1Oc1ccc(C(=O)O)cc1. The normalized spacial score (nSPS) is 11.2. The first kappa shape index (κ1) is 26.4. The number of carboxylic acid groups (broad SMARTS) is 2. The number of hydrogen-bond donors (Lipinski definition) is 2. The van der Waals surface area contributed by atoms with Crippen LogP contribution >= 0.6 is 0 Å². The zero-order chi connectivity index (χ0) is 27.4. The zero-order valence-corrected chi connectivity index (χ0v) is 21.2. The first-order valence-corrected chi connectivity index (χ1v) is 11.9. The minimum atomic E-state index is -1.01. The molecule has 0 heterocycles. The van der Waals surface area contributed by atoms with Gasteiger partial charge < -0.3 is 19.7 Å². The van der Waals surface area contributed by atoms with Crippen molar-refractivity contribution < 1.29 is 33.7 Å². The third kappa shape index (κ3) is 5.52. The van der Waals surface area contributed by atoms with Gasteiger partial charge in [0.2, 0.25) is 0 Å². The van der Waals surface area contributed by atoms with Gasteiger partial charge in [0.05, 0.1) is 11.1 Å². The van der Waals surface area contributed by atoms with E-state index in [1.165, 1.54) is 24.3 Å². The number of rotatable bonds is 9. The molecule has 4 rings (SSSR count). The van der Waals surface area contributed by atoms with Gasteiger partial charge in [-0.1, -0.05) is 24.3 Å². The largest absolute Gasteiger partial charge is 0.478 e. The minimum absolute atomic E-state index is 0.172. The lowest BCUT2D eigenvalue weighted by Crippen LogP contribution is -2.26. The summed E-state index contributed by atoms with van der Waals surface area (Å²) in [5.41, 5.74) is 2.61. The monoisotopic (exact) mass is 514 g/mol. The summed E-state index contributed by atoms with van der Waals surface area (Å²) in [6, 6.07) is 23.3. The average Bonchev–Trinajstić information content (AvgIpc) is 2.91. The Morgan fingerprint density at radius 2 is 1.05 bits per heavy atom. The summed E-state index contributed by atoms with van der Waals surface area (Å²) >= 11 is 0. The molecule has 0 aliphatic carbocycles. The van der Waals surface area contributed by atoms with Gasteiger partial charge in [0.15, 0.2) is 0 Å². The lowest BCUT2D eigenvalue weighted by atomic mass is 9.76. The van der Waals surface area contributed by atoms with Crippen LogP contribution < -0.4 is 9.47 Å². The molecule has 0 saturated carbocycles. The lowest BCUT2D eigenvalue weighted by Gasteiger charge is -2.29. The molecule has 38 heavy (non-hydrogen) atoms. The Bertz CT molecular complexity index is 1370. The van der Waals surface area contributed by atoms with Gasteiger partial charge >= 0.3 is 11.9 Å². The number of aryl methyl sites for hydroxylation is 2. The molecule has 194 valence electrons. The fourth-order valence-corrected chi connectivity index (χ4v) is 4.12. The van der Waals surface area contributed by atoms with Crippen molar-refractivity contribution in [2.75, 3.05) is 6.67 Å². The molecule has 0 unspecified atom stereocenters. The first-order chi connectivity index (χ1) is 18.1. The second kappa shape index (κ2) is 10.8. The van der Waals surface area contributed by atoms with Crippen molar-refractivity contribution in [2.45, 2.75) is 26.2 Å². The van der Waals surface area contributed by atoms with Crippen molar-refractivity contribution in [1.82, 2.24) is 0 Å². The summed E-state index contributed by atoms with van der Waals surface area (Å²) in [4.78, 5) is 22.1. The van der Waals surface area contributed by atoms with E-state index in [-0.39, 0.29) is 11.1 Å². The van der Waals surface area contributed by atoms with Gasteiger partial charge in [-0.2, -0.15) is 0 Å². The predicted molar refractivity (Wildman–Crippen MR) is 142 cm³/mol. The lowest BCUT2D eigenvalue weighted by molar-refractivity contribution is 0.0686. The fraction of sp³-hybridized carbons (Fsp3) is 0.161. The molecule has 0 amide bonds. The van der Waals surface area contributed by atoms with E-state index >= 15 is 0 Å². The quantitative estimate of drug-likeness (QED) is 0.239. The van der Waals surface area contributed by atoms with Crippen molar-refractivity contribution in [1.29, 1.82) is 0 Å². The second-order valence-electron chi connectivity index (χ2n) is 9.29. The number of aromatic carboxylic acids is 2. The Labute approximate surface area is 219 Å². The molecular weight excluding hydrogens is 487 g/mol. The molecule has 2 N–H and O–H groups in total. The van der Waals surface area contributed by atoms with Crippen molar-refractivity contribution in [2.24, 2.45) is 0 Å². The van der Waals surface area contributed by atoms with E-state index in [1.54, 1.807) is 36.4 Å². The van der Waals surface area contributed by atoms with Crippen LogP contribution in [0, 0.1) is 13.8 Å². The van der Waals surface area contributed by atoms with Gasteiger partial charge in [0.25, 0.3) is 0 Å². The molecule has 0 atom stereocenters. The molecule has 4 aromatic rings. The topological polar surface area (TPSA) is 93.1 Å². The van der Waals surface area contributed by atoms with E-state index in [1.807, 2.05) is 45.0 Å². The number of hydrogen-bond acceptors (Lipinski definition) is 4. The van der Waals surface area contributed by atoms with E-state index in [2.05, 4.69) is 0 Å². The first-order valence-electron chi connectivity index (χ1n) is 11.9. The van der Waals surface area contributed by atoms with E-state index in [0.29, 0.717) is 23.0 Å². The van der Waals surface area contributed by atoms with Crippen LogP contribution in [0.4, 0.5) is 4.39 Å². The molecule has 0 aliphatic heterocycles. The fourth-order valence-electron chi connectivity index (χ4n) is 4.12. The van der Waals surface area contributed by atoms with Crippen molar-refractivity contribution in [3.63, 3.8) is 0 Å². The van der Waals surface area contributed by atoms with Crippen LogP contribution in [-0.2, 0) is 5.41 Å². The number of ether oxygens (including phenoxy) is 2. The van der Waals surface area contributed by atoms with Gasteiger partial charge in [-0.05, 0) is 104 Å². The average molecular weight is 515 g/mol. The summed E-state index contributed by atoms with van der Waals surface area (Å²) in [6.45, 7) is 4.97. The summed E-state index contributed by atoms with van der Waals surface area (Å²) in [5.74, 6) is 0.170. The molecule has 4 aromatic carbocycles. The molecule has 7 heteroatoms. The maximum atomic E-state index is 14.6. The van der Waals surface area contributed by atoms with E-state index in [4.69, 9.17) is 19.7 Å². The molecule has 6 nitrogen and oxygen atoms in total. The van der Waals surface area contributed by atoms with Crippen LogP contribution in [0.15, 0.2) is 84.9 Å². The molecule has 0 fully saturated rings. The third-order valence-corrected chi connectivity index (χ3v) is 6.55. The van der Waals surface area contributed by atoms with Crippen LogP contribution in [0.1, 0.15) is 49.9 Å². The van der Waals surface area contributed by atoms with Gasteiger partial charge in [-0.25, -0.2) is 14.0 Å². The van der Waals surface area contributed by atoms with Gasteiger partial charge in [0, 0.05) is 5.41 Å². The number of benzene rings is 4. The molecular formula is C31H27FO6. The minimum Gasteiger partial charge on any atom is -0.478 e. The van der Waals surface area contributed by atoms with E-state index in [0.717, 1.165) is 22.3 Å². The summed E-state index contributed by atoms with van der Waals surface area (Å²) in [7, 11) is 0. The third-order valence-electron chi connectivity index (χ3n) is 6.55. The van der Waals surface area contributed by atoms with Gasteiger partial charge in [-0.3, -0.25) is 0 Å². The highest BCUT2D eigenvalue weighted by Gasteiger charge is 2.30. The van der Waals surface area contributed by atoms with Crippen molar-refractivity contribution >= 4 is 11.9 Å². The second-order valence-corrected chi connectivity index (χ2v) is 9.29. The maximum absolute atomic E-state index is 14.6. The number of halogens is 1. The van der Waals surface area contributed by atoms with Crippen molar-refractivity contribution in [3.05, 3.63) is 118 Å². The highest BCUT2D eigenvalue weighted by molar-refractivity contribution is 5.88. The number of carbonyl (C=O) groups is 2. The standard InChI is InChI=1S/C31H27FO6/c1-19-16-23(8-14-27(19)37-25-10-4-21(5-11-25)29(33)34)31(3,18-32)24-9-15-28(20(2)17-24)38-26-12-6-22(7-13-26)30(35)36/h4-17H,18H2,1-3H3,(H,33,34)(H,35,36). The predicted octanol–water partition coefficient (Wildman–Crippen LogP) is 7.56. The van der Waals surface area contributed by atoms with Crippen LogP contribution in [0.5, 0.6) is 23.0 Å². The molecule has 0 aliphatic rings. The van der Waals surface area contributed by atoms with Crippen molar-refractivity contribution in [3.8, 4) is 23.0 Å². The Kier molecular flexibility index (Phi) is 7.48. The van der Waals surface area contributed by atoms with E-state index < -0.39 is 24.0 Å². The molecule has 0 spiro atoms. The van der Waals surface area contributed by atoms with Crippen LogP contribution in [0.2, 0.25) is 0 Å². The number of carboxylic acids is 2. The van der Waals surface area contributed by atoms with E-state index in [9.17, 15) is 14.0 Å². The summed E-state index contributed by atoms with van der Waals surface area (Å²) < 4.78 is 26.5. The molecule has 0 aromatic heterocycles. The maximum Gasteiger partial charge on any atom is 0.335 e. The number of alkyl halides is 1. The Balaban J connectivity index is 1.55. The molecule has 0 radical (unpaired) electrons. The van der Waals surface area contributed by atoms with Crippen LogP contribution in [0.3, 0.4) is 0 Å². The molecule has 0 bridgehead atoms. The van der Waals surface area contributed by atoms with Crippen LogP contribution in [-0.4, -0.2) is 28.8 Å². The highest BCUT2D eigenvalue weighted by Crippen LogP contribution is 2.38. The Hall–Kier alpha value is -4.65. The highest BCUT2D eigenvalue weighted by atomic mass is 19.1. The zero-order valence-electron chi connectivity index (χ0n) is 21.2. The smallest absolute Gasteiger partial charge is 0.335 e. The van der Waals surface area contributed by atoms with Crippen LogP contribution in [0.25, 0.3) is 0 Å². The summed E-state index contributed by atoms with van der Waals surface area (Å²) in [5, 5.41) is 18.1. The Morgan fingerprint density at radius 1 is 0.684 bits per heavy atom. The van der Waals surface area contributed by atoms with Gasteiger partial charge in [0.1, 0.15) is 29.7 Å². The summed E-state index contributed by atoms with van der Waals surface area (Å²) in [6.07, 6.45) is 0. The Morgan fingerprint density at radius 3 is 1.34 bits per heavy atom. The van der Waals surface area contributed by atoms with Gasteiger partial charge in [-0.15, -0.1) is 0 Å².